The van der Waals surface area contributed by atoms with Crippen molar-refractivity contribution in [2.24, 2.45) is 0 Å². The molecule has 1 saturated carbocycles. The summed E-state index contributed by atoms with van der Waals surface area (Å²) in [7, 11) is 0. The van der Waals surface area contributed by atoms with Crippen molar-refractivity contribution in [1.82, 2.24) is 0 Å². The molecule has 0 spiro atoms. The zero-order valence-corrected chi connectivity index (χ0v) is 16.5. The Bertz CT molecular complexity index is 858. The summed E-state index contributed by atoms with van der Waals surface area (Å²) in [6, 6.07) is 6.96. The van der Waals surface area contributed by atoms with Crippen LogP contribution in [0.15, 0.2) is 42.5 Å². The van der Waals surface area contributed by atoms with Crippen LogP contribution < -0.4 is 0 Å². The summed E-state index contributed by atoms with van der Waals surface area (Å²) in [5, 5.41) is 10.0. The lowest BCUT2D eigenvalue weighted by Gasteiger charge is -2.36. The minimum Gasteiger partial charge on any atom is -0.393 e. The summed E-state index contributed by atoms with van der Waals surface area (Å²) in [4.78, 5) is 0. The fourth-order valence-electron chi connectivity index (χ4n) is 3.90. The second-order valence-corrected chi connectivity index (χ2v) is 7.78. The van der Waals surface area contributed by atoms with Crippen LogP contribution in [0.5, 0.6) is 0 Å². The maximum Gasteiger partial charge on any atom is 0.416 e. The van der Waals surface area contributed by atoms with Crippen molar-refractivity contribution in [3.63, 3.8) is 0 Å². The molecular weight excluding hydrogens is 429 g/mol. The molecule has 2 nitrogen and oxygen atoms in total. The summed E-state index contributed by atoms with van der Waals surface area (Å²) in [5.74, 6) is -0.825. The first-order valence-corrected chi connectivity index (χ1v) is 9.73. The van der Waals surface area contributed by atoms with Gasteiger partial charge < -0.3 is 9.84 Å². The Morgan fingerprint density at radius 1 is 0.903 bits per heavy atom. The Morgan fingerprint density at radius 2 is 1.45 bits per heavy atom. The van der Waals surface area contributed by atoms with Crippen LogP contribution in [0.2, 0.25) is 0 Å². The fraction of sp³-hybridized carbons (Fsp3) is 0.455. The van der Waals surface area contributed by atoms with Crippen LogP contribution in [0.1, 0.15) is 60.5 Å². The van der Waals surface area contributed by atoms with Gasteiger partial charge in [0.1, 0.15) is 5.82 Å². The van der Waals surface area contributed by atoms with Gasteiger partial charge in [-0.25, -0.2) is 4.39 Å². The Hall–Kier alpha value is -2.13. The van der Waals surface area contributed by atoms with E-state index < -0.39 is 47.6 Å². The van der Waals surface area contributed by atoms with E-state index >= 15 is 0 Å². The molecule has 0 bridgehead atoms. The van der Waals surface area contributed by atoms with E-state index in [1.165, 1.54) is 31.2 Å². The van der Waals surface area contributed by atoms with Gasteiger partial charge in [0.05, 0.1) is 29.4 Å². The summed E-state index contributed by atoms with van der Waals surface area (Å²) in [6.45, 7) is 1.39. The van der Waals surface area contributed by atoms with Crippen molar-refractivity contribution in [3.05, 3.63) is 70.5 Å². The molecule has 0 radical (unpaired) electrons. The zero-order chi connectivity index (χ0) is 23.0. The molecule has 4 atom stereocenters. The SMILES string of the molecule is C[C@@H](O[C@H]1CC[C@H](O)C[C@@H]1c1ccc(F)cc1)c1cc(C(F)(F)F)cc(C(F)(F)F)c1. The molecule has 2 aromatic carbocycles. The van der Waals surface area contributed by atoms with E-state index in [-0.39, 0.29) is 17.5 Å². The third-order valence-corrected chi connectivity index (χ3v) is 5.52. The average Bonchev–Trinajstić information content (AvgIpc) is 2.68. The van der Waals surface area contributed by atoms with E-state index in [2.05, 4.69) is 0 Å². The maximum atomic E-state index is 13.3. The van der Waals surface area contributed by atoms with Gasteiger partial charge in [0.2, 0.25) is 0 Å². The standard InChI is InChI=1S/C22H21F7O2/c1-12(14-8-15(21(24,25)26)10-16(9-14)22(27,28)29)31-20-7-6-18(30)11-19(20)13-2-4-17(23)5-3-13/h2-5,8-10,12,18-20,30H,6-7,11H2,1H3/t12-,18+,19-,20+/m1/s1. The van der Waals surface area contributed by atoms with Crippen LogP contribution in [0.4, 0.5) is 30.7 Å². The topological polar surface area (TPSA) is 29.5 Å². The number of rotatable bonds is 4. The minimum atomic E-state index is -4.94. The predicted molar refractivity (Wildman–Crippen MR) is 98.7 cm³/mol. The van der Waals surface area contributed by atoms with Crippen LogP contribution in [0.3, 0.4) is 0 Å². The summed E-state index contributed by atoms with van der Waals surface area (Å²) in [6.07, 6.45) is -11.1. The molecule has 170 valence electrons. The summed E-state index contributed by atoms with van der Waals surface area (Å²) < 4.78 is 98.1. The van der Waals surface area contributed by atoms with Crippen molar-refractivity contribution < 1.29 is 40.6 Å². The molecule has 1 aliphatic carbocycles. The number of ether oxygens (including phenoxy) is 1. The van der Waals surface area contributed by atoms with Crippen molar-refractivity contribution in [2.75, 3.05) is 0 Å². The first kappa shape index (κ1) is 23.5. The van der Waals surface area contributed by atoms with Crippen LogP contribution in [0, 0.1) is 5.82 Å². The van der Waals surface area contributed by atoms with Gasteiger partial charge in [-0.2, -0.15) is 26.3 Å². The van der Waals surface area contributed by atoms with Crippen molar-refractivity contribution in [2.45, 2.75) is 62.8 Å². The molecule has 0 aliphatic heterocycles. The second-order valence-electron chi connectivity index (χ2n) is 7.78. The van der Waals surface area contributed by atoms with Crippen molar-refractivity contribution in [3.8, 4) is 0 Å². The molecule has 1 aliphatic rings. The van der Waals surface area contributed by atoms with Crippen molar-refractivity contribution in [1.29, 1.82) is 0 Å². The van der Waals surface area contributed by atoms with E-state index in [0.29, 0.717) is 37.0 Å². The molecule has 0 saturated heterocycles. The van der Waals surface area contributed by atoms with Crippen molar-refractivity contribution >= 4 is 0 Å². The highest BCUT2D eigenvalue weighted by molar-refractivity contribution is 5.35. The number of hydrogen-bond acceptors (Lipinski definition) is 2. The minimum absolute atomic E-state index is 0.0779. The molecule has 0 aromatic heterocycles. The molecule has 2 aromatic rings. The molecule has 1 N–H and O–H groups in total. The van der Waals surface area contributed by atoms with Gasteiger partial charge in [0.25, 0.3) is 0 Å². The Kier molecular flexibility index (Phi) is 6.67. The number of aliphatic hydroxyl groups excluding tert-OH is 1. The molecular formula is C22H21F7O2. The Labute approximate surface area is 174 Å². The third-order valence-electron chi connectivity index (χ3n) is 5.52. The molecule has 0 amide bonds. The van der Waals surface area contributed by atoms with Gasteiger partial charge in [-0.15, -0.1) is 0 Å². The van der Waals surface area contributed by atoms with E-state index in [1.807, 2.05) is 0 Å². The fourth-order valence-corrected chi connectivity index (χ4v) is 3.90. The number of halogens is 7. The van der Waals surface area contributed by atoms with E-state index in [1.54, 1.807) is 0 Å². The van der Waals surface area contributed by atoms with Crippen LogP contribution in [-0.4, -0.2) is 17.3 Å². The van der Waals surface area contributed by atoms with Gasteiger partial charge in [0, 0.05) is 5.92 Å². The van der Waals surface area contributed by atoms with Gasteiger partial charge in [-0.3, -0.25) is 0 Å². The third kappa shape index (κ3) is 5.77. The first-order valence-electron chi connectivity index (χ1n) is 9.73. The Morgan fingerprint density at radius 3 is 1.97 bits per heavy atom. The number of aliphatic hydroxyl groups is 1. The number of hydrogen-bond donors (Lipinski definition) is 1. The molecule has 3 rings (SSSR count). The smallest absolute Gasteiger partial charge is 0.393 e. The van der Waals surface area contributed by atoms with Gasteiger partial charge in [-0.1, -0.05) is 12.1 Å². The molecule has 31 heavy (non-hydrogen) atoms. The molecule has 1 fully saturated rings. The highest BCUT2D eigenvalue weighted by Crippen LogP contribution is 2.41. The molecule has 9 heteroatoms. The number of alkyl halides is 6. The monoisotopic (exact) mass is 450 g/mol. The van der Waals surface area contributed by atoms with Crippen LogP contribution in [-0.2, 0) is 17.1 Å². The molecule has 0 heterocycles. The summed E-state index contributed by atoms with van der Waals surface area (Å²) in [5.41, 5.74) is -2.37. The second kappa shape index (κ2) is 8.78. The zero-order valence-electron chi connectivity index (χ0n) is 16.5. The Balaban J connectivity index is 1.89. The van der Waals surface area contributed by atoms with Gasteiger partial charge in [0.15, 0.2) is 0 Å². The highest BCUT2D eigenvalue weighted by Gasteiger charge is 2.38. The first-order chi connectivity index (χ1) is 14.3. The van der Waals surface area contributed by atoms with E-state index in [4.69, 9.17) is 4.74 Å². The quantitative estimate of drug-likeness (QED) is 0.530. The highest BCUT2D eigenvalue weighted by atomic mass is 19.4. The number of benzene rings is 2. The largest absolute Gasteiger partial charge is 0.416 e. The molecule has 0 unspecified atom stereocenters. The van der Waals surface area contributed by atoms with E-state index in [9.17, 15) is 35.8 Å². The summed E-state index contributed by atoms with van der Waals surface area (Å²) >= 11 is 0. The lowest BCUT2D eigenvalue weighted by atomic mass is 9.80. The maximum absolute atomic E-state index is 13.3. The average molecular weight is 450 g/mol. The van der Waals surface area contributed by atoms with Crippen LogP contribution in [0.25, 0.3) is 0 Å². The predicted octanol–water partition coefficient (Wildman–Crippen LogP) is 6.64. The lowest BCUT2D eigenvalue weighted by molar-refractivity contribution is -0.143. The van der Waals surface area contributed by atoms with Gasteiger partial charge >= 0.3 is 12.4 Å². The van der Waals surface area contributed by atoms with E-state index in [0.717, 1.165) is 0 Å². The van der Waals surface area contributed by atoms with Crippen LogP contribution >= 0.6 is 0 Å². The normalized spacial score (nSPS) is 23.6. The lowest BCUT2D eigenvalue weighted by Crippen LogP contribution is -2.33. The van der Waals surface area contributed by atoms with Gasteiger partial charge in [-0.05, 0) is 67.6 Å².